The third kappa shape index (κ3) is 5.23. The summed E-state index contributed by atoms with van der Waals surface area (Å²) in [5, 5.41) is 7.12. The number of carboxylic acids is 1. The minimum Gasteiger partial charge on any atom is -0.475 e. The van der Waals surface area contributed by atoms with Gasteiger partial charge in [0.15, 0.2) is 0 Å². The number of hydrogen-bond acceptors (Lipinski definition) is 4. The molecule has 0 radical (unpaired) electrons. The van der Waals surface area contributed by atoms with Gasteiger partial charge in [-0.2, -0.15) is 13.2 Å². The molecule has 1 N–H and O–H groups in total. The van der Waals surface area contributed by atoms with Gasteiger partial charge in [0.25, 0.3) is 0 Å². The van der Waals surface area contributed by atoms with Crippen LogP contribution in [0.25, 0.3) is 0 Å². The molecule has 10 heteroatoms. The van der Waals surface area contributed by atoms with Crippen molar-refractivity contribution in [3.63, 3.8) is 0 Å². The molecule has 1 saturated heterocycles. The number of likely N-dealkylation sites (N-methyl/N-ethyl adjacent to an activating group) is 2. The summed E-state index contributed by atoms with van der Waals surface area (Å²) in [4.78, 5) is 40.5. The largest absolute Gasteiger partial charge is 0.490 e. The standard InChI is InChI=1S/C20H29N3O2.C2HF3O2/c1-5-23-17-9-7-6-8-16(17)20(19(23)25)10-12-22(13-11-20)18(24)14-21(4)15(2)3;3-2(4,5)1(6)7/h6-9,15H,5,10-14H2,1-4H3;(H,6,7). The number of anilines is 1. The monoisotopic (exact) mass is 457 g/mol. The van der Waals surface area contributed by atoms with Gasteiger partial charge in [-0.3, -0.25) is 14.5 Å². The van der Waals surface area contributed by atoms with E-state index in [0.29, 0.717) is 32.2 Å². The lowest BCUT2D eigenvalue weighted by Crippen LogP contribution is -2.51. The maximum Gasteiger partial charge on any atom is 0.490 e. The lowest BCUT2D eigenvalue weighted by Gasteiger charge is -2.39. The van der Waals surface area contributed by atoms with Crippen LogP contribution in [0.3, 0.4) is 0 Å². The number of aliphatic carboxylic acids is 1. The molecule has 2 aliphatic rings. The Bertz CT molecular complexity index is 849. The summed E-state index contributed by atoms with van der Waals surface area (Å²) >= 11 is 0. The van der Waals surface area contributed by atoms with E-state index in [1.54, 1.807) is 0 Å². The van der Waals surface area contributed by atoms with Gasteiger partial charge >= 0.3 is 12.1 Å². The molecule has 2 heterocycles. The molecular formula is C22H30F3N3O4. The van der Waals surface area contributed by atoms with Crippen molar-refractivity contribution in [1.82, 2.24) is 9.80 Å². The molecular weight excluding hydrogens is 427 g/mol. The second-order valence-corrected chi connectivity index (χ2v) is 8.34. The van der Waals surface area contributed by atoms with Crippen LogP contribution < -0.4 is 4.90 Å². The molecule has 2 aliphatic heterocycles. The van der Waals surface area contributed by atoms with Gasteiger partial charge in [-0.25, -0.2) is 4.79 Å². The molecule has 1 aromatic rings. The van der Waals surface area contributed by atoms with Gasteiger partial charge in [-0.15, -0.1) is 0 Å². The number of carbonyl (C=O) groups is 3. The van der Waals surface area contributed by atoms with Gasteiger partial charge in [0, 0.05) is 31.4 Å². The van der Waals surface area contributed by atoms with Crippen molar-refractivity contribution in [2.75, 3.05) is 38.1 Å². The lowest BCUT2D eigenvalue weighted by atomic mass is 9.73. The zero-order valence-corrected chi connectivity index (χ0v) is 18.8. The Morgan fingerprint density at radius 1 is 1.19 bits per heavy atom. The van der Waals surface area contributed by atoms with E-state index >= 15 is 0 Å². The number of carbonyl (C=O) groups excluding carboxylic acids is 2. The minimum atomic E-state index is -5.08. The third-order valence-electron chi connectivity index (χ3n) is 6.16. The maximum atomic E-state index is 13.1. The molecule has 2 amide bonds. The first kappa shape index (κ1) is 25.6. The first-order chi connectivity index (χ1) is 14.8. The molecule has 0 atom stereocenters. The molecule has 7 nitrogen and oxygen atoms in total. The molecule has 178 valence electrons. The zero-order chi connectivity index (χ0) is 24.3. The number of benzene rings is 1. The number of likely N-dealkylation sites (tertiary alicyclic amines) is 1. The highest BCUT2D eigenvalue weighted by atomic mass is 19.4. The molecule has 32 heavy (non-hydrogen) atoms. The predicted molar refractivity (Wildman–Crippen MR) is 113 cm³/mol. The third-order valence-corrected chi connectivity index (χ3v) is 6.16. The van der Waals surface area contributed by atoms with Crippen LogP contribution in [0.2, 0.25) is 0 Å². The van der Waals surface area contributed by atoms with Gasteiger partial charge in [0.2, 0.25) is 11.8 Å². The van der Waals surface area contributed by atoms with Crippen molar-refractivity contribution in [1.29, 1.82) is 0 Å². The Labute approximate surface area is 185 Å². The Hall–Kier alpha value is -2.62. The molecule has 1 aromatic carbocycles. The highest BCUT2D eigenvalue weighted by Crippen LogP contribution is 2.47. The second kappa shape index (κ2) is 9.89. The van der Waals surface area contributed by atoms with E-state index in [1.165, 1.54) is 0 Å². The fourth-order valence-electron chi connectivity index (χ4n) is 4.03. The number of carboxylic acid groups (broad SMARTS) is 1. The number of halogens is 3. The summed E-state index contributed by atoms with van der Waals surface area (Å²) < 4.78 is 31.7. The average Bonchev–Trinajstić information content (AvgIpc) is 2.96. The molecule has 0 aliphatic carbocycles. The zero-order valence-electron chi connectivity index (χ0n) is 18.8. The van der Waals surface area contributed by atoms with E-state index in [9.17, 15) is 22.8 Å². The van der Waals surface area contributed by atoms with Crippen molar-refractivity contribution in [3.8, 4) is 0 Å². The summed E-state index contributed by atoms with van der Waals surface area (Å²) in [5.74, 6) is -2.38. The second-order valence-electron chi connectivity index (χ2n) is 8.34. The molecule has 0 bridgehead atoms. The quantitative estimate of drug-likeness (QED) is 0.752. The molecule has 0 unspecified atom stereocenters. The first-order valence-corrected chi connectivity index (χ1v) is 10.5. The molecule has 3 rings (SSSR count). The minimum absolute atomic E-state index is 0.164. The van der Waals surface area contributed by atoms with Crippen LogP contribution in [0.4, 0.5) is 18.9 Å². The van der Waals surface area contributed by atoms with E-state index in [-0.39, 0.29) is 11.8 Å². The van der Waals surface area contributed by atoms with E-state index in [1.807, 2.05) is 42.0 Å². The van der Waals surface area contributed by atoms with Crippen molar-refractivity contribution in [2.45, 2.75) is 51.2 Å². The van der Waals surface area contributed by atoms with Gasteiger partial charge < -0.3 is 14.9 Å². The molecule has 0 aromatic heterocycles. The summed E-state index contributed by atoms with van der Waals surface area (Å²) in [6.07, 6.45) is -3.65. The lowest BCUT2D eigenvalue weighted by molar-refractivity contribution is -0.192. The van der Waals surface area contributed by atoms with Crippen LogP contribution in [0, 0.1) is 0 Å². The van der Waals surface area contributed by atoms with Crippen LogP contribution in [-0.4, -0.2) is 78.1 Å². The summed E-state index contributed by atoms with van der Waals surface area (Å²) in [5.41, 5.74) is 1.76. The molecule has 1 fully saturated rings. The van der Waals surface area contributed by atoms with Crippen LogP contribution in [-0.2, 0) is 19.8 Å². The van der Waals surface area contributed by atoms with Gasteiger partial charge in [-0.1, -0.05) is 18.2 Å². The molecule has 0 saturated carbocycles. The van der Waals surface area contributed by atoms with E-state index < -0.39 is 17.6 Å². The summed E-state index contributed by atoms with van der Waals surface area (Å²) in [7, 11) is 1.98. The fourth-order valence-corrected chi connectivity index (χ4v) is 4.03. The number of fused-ring (bicyclic) bond motifs is 2. The number of piperidine rings is 1. The fraction of sp³-hybridized carbons (Fsp3) is 0.591. The Kier molecular flexibility index (Phi) is 7.92. The first-order valence-electron chi connectivity index (χ1n) is 10.5. The van der Waals surface area contributed by atoms with Crippen molar-refractivity contribution in [3.05, 3.63) is 29.8 Å². The van der Waals surface area contributed by atoms with Crippen molar-refractivity contribution in [2.24, 2.45) is 0 Å². The van der Waals surface area contributed by atoms with E-state index in [0.717, 1.165) is 24.1 Å². The predicted octanol–water partition coefficient (Wildman–Crippen LogP) is 2.89. The summed E-state index contributed by atoms with van der Waals surface area (Å²) in [6, 6.07) is 8.49. The van der Waals surface area contributed by atoms with Gasteiger partial charge in [0.05, 0.1) is 12.0 Å². The van der Waals surface area contributed by atoms with Crippen LogP contribution in [0.15, 0.2) is 24.3 Å². The summed E-state index contributed by atoms with van der Waals surface area (Å²) in [6.45, 7) is 8.65. The van der Waals surface area contributed by atoms with Gasteiger partial charge in [0.1, 0.15) is 0 Å². The number of para-hydroxylation sites is 1. The molecule has 1 spiro atoms. The number of alkyl halides is 3. The van der Waals surface area contributed by atoms with Crippen LogP contribution in [0.5, 0.6) is 0 Å². The normalized spacial score (nSPS) is 17.5. The Morgan fingerprint density at radius 2 is 1.72 bits per heavy atom. The average molecular weight is 457 g/mol. The highest BCUT2D eigenvalue weighted by molar-refractivity contribution is 6.08. The number of hydrogen-bond donors (Lipinski definition) is 1. The maximum absolute atomic E-state index is 13.1. The topological polar surface area (TPSA) is 81.2 Å². The van der Waals surface area contributed by atoms with Gasteiger partial charge in [-0.05, 0) is 52.3 Å². The Morgan fingerprint density at radius 3 is 2.19 bits per heavy atom. The van der Waals surface area contributed by atoms with Crippen molar-refractivity contribution < 1.29 is 32.7 Å². The Balaban J connectivity index is 0.000000451. The smallest absolute Gasteiger partial charge is 0.475 e. The highest BCUT2D eigenvalue weighted by Gasteiger charge is 2.51. The number of amides is 2. The number of nitrogens with zero attached hydrogens (tertiary/aromatic N) is 3. The van der Waals surface area contributed by atoms with E-state index in [2.05, 4.69) is 24.8 Å². The van der Waals surface area contributed by atoms with E-state index in [4.69, 9.17) is 9.90 Å². The van der Waals surface area contributed by atoms with Crippen molar-refractivity contribution >= 4 is 23.5 Å². The van der Waals surface area contributed by atoms with Crippen LogP contribution in [0.1, 0.15) is 39.2 Å². The van der Waals surface area contributed by atoms with Crippen LogP contribution >= 0.6 is 0 Å². The number of rotatable bonds is 4. The SMILES string of the molecule is CCN1C(=O)C2(CCN(C(=O)CN(C)C(C)C)CC2)c2ccccc21.O=C(O)C(F)(F)F.